The molecule has 1 aliphatic heterocycles. The van der Waals surface area contributed by atoms with Gasteiger partial charge in [-0.05, 0) is 43.4 Å². The number of rotatable bonds is 3. The third kappa shape index (κ3) is 2.30. The molecule has 2 aliphatic rings. The average molecular weight is 283 g/mol. The molecule has 1 amide bonds. The summed E-state index contributed by atoms with van der Waals surface area (Å²) in [5.41, 5.74) is 1.13. The number of H-pyrrole nitrogens is 1. The number of aromatic nitrogens is 4. The van der Waals surface area contributed by atoms with Crippen molar-refractivity contribution in [3.05, 3.63) is 41.7 Å². The molecule has 0 bridgehead atoms. The second kappa shape index (κ2) is 4.95. The van der Waals surface area contributed by atoms with Crippen molar-refractivity contribution in [1.29, 1.82) is 0 Å². The van der Waals surface area contributed by atoms with E-state index in [0.29, 0.717) is 11.7 Å². The lowest BCUT2D eigenvalue weighted by atomic mass is 10.1. The number of amides is 1. The monoisotopic (exact) mass is 283 g/mol. The first-order valence-corrected chi connectivity index (χ1v) is 7.46. The van der Waals surface area contributed by atoms with Gasteiger partial charge in [-0.3, -0.25) is 14.9 Å². The maximum Gasteiger partial charge on any atom is 0.294 e. The molecule has 1 saturated carbocycles. The predicted molar refractivity (Wildman–Crippen MR) is 75.6 cm³/mol. The second-order valence-corrected chi connectivity index (χ2v) is 5.76. The molecule has 108 valence electrons. The van der Waals surface area contributed by atoms with Gasteiger partial charge < -0.3 is 4.90 Å². The topological polar surface area (TPSA) is 74.8 Å². The lowest BCUT2D eigenvalue weighted by Gasteiger charge is -2.23. The molecule has 0 radical (unpaired) electrons. The molecule has 0 spiro atoms. The molecule has 6 nitrogen and oxygen atoms in total. The van der Waals surface area contributed by atoms with Crippen LogP contribution in [0.25, 0.3) is 0 Å². The Morgan fingerprint density at radius 1 is 1.24 bits per heavy atom. The van der Waals surface area contributed by atoms with Crippen molar-refractivity contribution in [2.45, 2.75) is 37.6 Å². The highest BCUT2D eigenvalue weighted by Gasteiger charge is 2.34. The van der Waals surface area contributed by atoms with Gasteiger partial charge in [-0.1, -0.05) is 0 Å². The van der Waals surface area contributed by atoms with E-state index in [4.69, 9.17) is 0 Å². The van der Waals surface area contributed by atoms with Crippen molar-refractivity contribution >= 4 is 5.91 Å². The van der Waals surface area contributed by atoms with E-state index in [2.05, 4.69) is 20.2 Å². The Kier molecular flexibility index (Phi) is 2.94. The fourth-order valence-corrected chi connectivity index (χ4v) is 2.98. The summed E-state index contributed by atoms with van der Waals surface area (Å²) in [4.78, 5) is 23.0. The van der Waals surface area contributed by atoms with E-state index in [1.807, 2.05) is 17.0 Å². The lowest BCUT2D eigenvalue weighted by molar-refractivity contribution is 0.0723. The van der Waals surface area contributed by atoms with Crippen LogP contribution < -0.4 is 0 Å². The molecule has 21 heavy (non-hydrogen) atoms. The van der Waals surface area contributed by atoms with Crippen molar-refractivity contribution in [2.75, 3.05) is 6.54 Å². The van der Waals surface area contributed by atoms with Crippen LogP contribution in [0.15, 0.2) is 24.5 Å². The van der Waals surface area contributed by atoms with Gasteiger partial charge in [0.15, 0.2) is 0 Å². The van der Waals surface area contributed by atoms with Crippen molar-refractivity contribution in [1.82, 2.24) is 25.1 Å². The molecule has 1 aliphatic carbocycles. The SMILES string of the molecule is O=C(c1n[nH]c(C2CC2)n1)N1CCCC1c1ccncc1. The van der Waals surface area contributed by atoms with Gasteiger partial charge in [0.05, 0.1) is 6.04 Å². The number of carbonyl (C=O) groups excluding carboxylic acids is 1. The van der Waals surface area contributed by atoms with Gasteiger partial charge in [-0.25, -0.2) is 4.98 Å². The van der Waals surface area contributed by atoms with Crippen molar-refractivity contribution in [3.63, 3.8) is 0 Å². The first-order chi connectivity index (χ1) is 10.3. The number of carbonyl (C=O) groups is 1. The summed E-state index contributed by atoms with van der Waals surface area (Å²) < 4.78 is 0. The number of hydrogen-bond acceptors (Lipinski definition) is 4. The van der Waals surface area contributed by atoms with E-state index < -0.39 is 0 Å². The Hall–Kier alpha value is -2.24. The van der Waals surface area contributed by atoms with Crippen LogP contribution in [0.5, 0.6) is 0 Å². The summed E-state index contributed by atoms with van der Waals surface area (Å²) in [5, 5.41) is 7.02. The fourth-order valence-electron chi connectivity index (χ4n) is 2.98. The molecule has 0 aromatic carbocycles. The van der Waals surface area contributed by atoms with E-state index in [-0.39, 0.29) is 11.9 Å². The summed E-state index contributed by atoms with van der Waals surface area (Å²) >= 11 is 0. The van der Waals surface area contributed by atoms with E-state index in [1.54, 1.807) is 12.4 Å². The standard InChI is InChI=1S/C15H17N5O/c21-15(14-17-13(18-19-14)11-3-4-11)20-9-1-2-12(20)10-5-7-16-8-6-10/h5-8,11-12H,1-4,9H2,(H,17,18,19). The van der Waals surface area contributed by atoms with Gasteiger partial charge in [0.1, 0.15) is 5.82 Å². The molecule has 1 saturated heterocycles. The van der Waals surface area contributed by atoms with Crippen LogP contribution in [0.3, 0.4) is 0 Å². The van der Waals surface area contributed by atoms with Crippen LogP contribution in [-0.4, -0.2) is 37.5 Å². The molecule has 2 fully saturated rings. The lowest BCUT2D eigenvalue weighted by Crippen LogP contribution is -2.31. The van der Waals surface area contributed by atoms with Crippen LogP contribution in [0.1, 0.15) is 59.6 Å². The summed E-state index contributed by atoms with van der Waals surface area (Å²) in [5.74, 6) is 1.57. The molecule has 1 unspecified atom stereocenters. The van der Waals surface area contributed by atoms with Gasteiger partial charge in [-0.2, -0.15) is 0 Å². The second-order valence-electron chi connectivity index (χ2n) is 5.76. The number of hydrogen-bond donors (Lipinski definition) is 1. The molecule has 1 atom stereocenters. The number of aromatic amines is 1. The van der Waals surface area contributed by atoms with Crippen LogP contribution in [0, 0.1) is 0 Å². The zero-order chi connectivity index (χ0) is 14.2. The number of pyridine rings is 1. The Labute approximate surface area is 122 Å². The fraction of sp³-hybridized carbons (Fsp3) is 0.467. The molecule has 2 aromatic heterocycles. The minimum absolute atomic E-state index is 0.0718. The van der Waals surface area contributed by atoms with E-state index >= 15 is 0 Å². The summed E-state index contributed by atoms with van der Waals surface area (Å²) in [6.07, 6.45) is 7.83. The van der Waals surface area contributed by atoms with Gasteiger partial charge in [-0.15, -0.1) is 5.10 Å². The van der Waals surface area contributed by atoms with Crippen LogP contribution in [0.2, 0.25) is 0 Å². The maximum absolute atomic E-state index is 12.7. The minimum Gasteiger partial charge on any atom is -0.329 e. The van der Waals surface area contributed by atoms with Crippen molar-refractivity contribution < 1.29 is 4.79 Å². The molecule has 3 heterocycles. The Morgan fingerprint density at radius 2 is 2.05 bits per heavy atom. The number of nitrogens with zero attached hydrogens (tertiary/aromatic N) is 4. The van der Waals surface area contributed by atoms with Gasteiger partial charge in [0, 0.05) is 24.9 Å². The Balaban J connectivity index is 1.57. The molecule has 6 heteroatoms. The quantitative estimate of drug-likeness (QED) is 0.935. The molecular formula is C15H17N5O. The third-order valence-electron chi connectivity index (χ3n) is 4.26. The first kappa shape index (κ1) is 12.5. The van der Waals surface area contributed by atoms with E-state index in [0.717, 1.165) is 43.6 Å². The minimum atomic E-state index is -0.0718. The molecular weight excluding hydrogens is 266 g/mol. The molecule has 4 rings (SSSR count). The largest absolute Gasteiger partial charge is 0.329 e. The van der Waals surface area contributed by atoms with E-state index in [1.165, 1.54) is 0 Å². The first-order valence-electron chi connectivity index (χ1n) is 7.46. The summed E-state index contributed by atoms with van der Waals surface area (Å²) in [6, 6.07) is 4.07. The molecule has 2 aromatic rings. The van der Waals surface area contributed by atoms with Gasteiger partial charge >= 0.3 is 0 Å². The van der Waals surface area contributed by atoms with Crippen molar-refractivity contribution in [2.24, 2.45) is 0 Å². The van der Waals surface area contributed by atoms with Crippen LogP contribution >= 0.6 is 0 Å². The third-order valence-corrected chi connectivity index (χ3v) is 4.26. The zero-order valence-electron chi connectivity index (χ0n) is 11.7. The van der Waals surface area contributed by atoms with Crippen LogP contribution in [-0.2, 0) is 0 Å². The highest BCUT2D eigenvalue weighted by Crippen LogP contribution is 2.38. The molecule has 1 N–H and O–H groups in total. The van der Waals surface area contributed by atoms with Gasteiger partial charge in [0.25, 0.3) is 5.91 Å². The number of nitrogens with one attached hydrogen (secondary N) is 1. The highest BCUT2D eigenvalue weighted by atomic mass is 16.2. The Morgan fingerprint density at radius 3 is 2.81 bits per heavy atom. The summed E-state index contributed by atoms with van der Waals surface area (Å²) in [6.45, 7) is 0.763. The van der Waals surface area contributed by atoms with E-state index in [9.17, 15) is 4.79 Å². The predicted octanol–water partition coefficient (Wildman–Crippen LogP) is 2.05. The normalized spacial score (nSPS) is 21.7. The van der Waals surface area contributed by atoms with Gasteiger partial charge in [0.2, 0.25) is 5.82 Å². The maximum atomic E-state index is 12.7. The van der Waals surface area contributed by atoms with Crippen LogP contribution in [0.4, 0.5) is 0 Å². The highest BCUT2D eigenvalue weighted by molar-refractivity contribution is 5.91. The zero-order valence-corrected chi connectivity index (χ0v) is 11.7. The average Bonchev–Trinajstić information content (AvgIpc) is 3.07. The smallest absolute Gasteiger partial charge is 0.294 e. The summed E-state index contributed by atoms with van der Waals surface area (Å²) in [7, 11) is 0. The Bertz CT molecular complexity index is 649. The number of likely N-dealkylation sites (tertiary alicyclic amines) is 1. The van der Waals surface area contributed by atoms with Crippen molar-refractivity contribution in [3.8, 4) is 0 Å².